The molecule has 2 heterocycles. The summed E-state index contributed by atoms with van der Waals surface area (Å²) in [5.41, 5.74) is 1.98. The van der Waals surface area contributed by atoms with E-state index in [0.29, 0.717) is 0 Å². The molecule has 2 nitrogen and oxygen atoms in total. The van der Waals surface area contributed by atoms with Gasteiger partial charge in [-0.1, -0.05) is 18.2 Å². The van der Waals surface area contributed by atoms with Crippen molar-refractivity contribution < 1.29 is 4.39 Å². The average Bonchev–Trinajstić information content (AvgIpc) is 2.85. The van der Waals surface area contributed by atoms with Crippen molar-refractivity contribution in [2.45, 2.75) is 12.5 Å². The fraction of sp³-hybridized carbons (Fsp3) is 0.375. The predicted octanol–water partition coefficient (Wildman–Crippen LogP) is 3.27. The third-order valence-corrected chi connectivity index (χ3v) is 4.50. The highest BCUT2D eigenvalue weighted by Crippen LogP contribution is 2.32. The van der Waals surface area contributed by atoms with E-state index in [1.165, 1.54) is 5.56 Å². The zero-order valence-corrected chi connectivity index (χ0v) is 12.2. The minimum atomic E-state index is -0.110. The monoisotopic (exact) mass is 290 g/mol. The first-order valence-corrected chi connectivity index (χ1v) is 8.02. The number of rotatable bonds is 3. The predicted molar refractivity (Wildman–Crippen MR) is 81.6 cm³/mol. The lowest BCUT2D eigenvalue weighted by Crippen LogP contribution is -2.33. The lowest BCUT2D eigenvalue weighted by atomic mass is 9.98. The molecule has 3 rings (SSSR count). The highest BCUT2D eigenvalue weighted by atomic mass is 32.1. The first-order chi connectivity index (χ1) is 9.86. The molecule has 2 aromatic rings. The Morgan fingerprint density at radius 1 is 1.15 bits per heavy atom. The topological polar surface area (TPSA) is 15.3 Å². The van der Waals surface area contributed by atoms with E-state index in [1.54, 1.807) is 23.5 Å². The maximum absolute atomic E-state index is 14.2. The molecule has 1 unspecified atom stereocenters. The number of hydrogen-bond donors (Lipinski definition) is 1. The van der Waals surface area contributed by atoms with Crippen LogP contribution >= 0.6 is 11.3 Å². The Balaban J connectivity index is 1.98. The van der Waals surface area contributed by atoms with Crippen molar-refractivity contribution in [1.82, 2.24) is 10.2 Å². The van der Waals surface area contributed by atoms with Gasteiger partial charge in [-0.25, -0.2) is 4.39 Å². The van der Waals surface area contributed by atoms with Gasteiger partial charge >= 0.3 is 0 Å². The van der Waals surface area contributed by atoms with Gasteiger partial charge in [0.15, 0.2) is 0 Å². The summed E-state index contributed by atoms with van der Waals surface area (Å²) in [4.78, 5) is 2.39. The second kappa shape index (κ2) is 6.48. The summed E-state index contributed by atoms with van der Waals surface area (Å²) in [6.07, 6.45) is 1.11. The largest absolute Gasteiger partial charge is 0.315 e. The SMILES string of the molecule is Fc1ccccc1C(c1ccsc1)N1CCCNCC1. The highest BCUT2D eigenvalue weighted by molar-refractivity contribution is 7.08. The zero-order valence-electron chi connectivity index (χ0n) is 11.4. The molecule has 0 radical (unpaired) electrons. The van der Waals surface area contributed by atoms with Crippen molar-refractivity contribution >= 4 is 11.3 Å². The first-order valence-electron chi connectivity index (χ1n) is 7.07. The Morgan fingerprint density at radius 2 is 2.05 bits per heavy atom. The molecular formula is C16H19FN2S. The molecule has 4 heteroatoms. The Labute approximate surface area is 123 Å². The number of nitrogens with one attached hydrogen (secondary N) is 1. The second-order valence-electron chi connectivity index (χ2n) is 5.12. The number of hydrogen-bond acceptors (Lipinski definition) is 3. The molecule has 0 amide bonds. The van der Waals surface area contributed by atoms with E-state index in [4.69, 9.17) is 0 Å². The normalized spacial score (nSPS) is 18.6. The van der Waals surface area contributed by atoms with Crippen molar-refractivity contribution in [2.24, 2.45) is 0 Å². The molecule has 1 aromatic heterocycles. The van der Waals surface area contributed by atoms with Gasteiger partial charge in [0.05, 0.1) is 6.04 Å². The molecule has 1 N–H and O–H groups in total. The van der Waals surface area contributed by atoms with Crippen molar-refractivity contribution in [3.8, 4) is 0 Å². The number of nitrogens with zero attached hydrogens (tertiary/aromatic N) is 1. The summed E-state index contributed by atoms with van der Waals surface area (Å²) in [5.74, 6) is -0.110. The Bertz CT molecular complexity index is 533. The van der Waals surface area contributed by atoms with Crippen molar-refractivity contribution in [2.75, 3.05) is 26.2 Å². The molecule has 106 valence electrons. The summed E-state index contributed by atoms with van der Waals surface area (Å²) < 4.78 is 14.2. The minimum absolute atomic E-state index is 0.0300. The Morgan fingerprint density at radius 3 is 2.85 bits per heavy atom. The Hall–Kier alpha value is -1.23. The van der Waals surface area contributed by atoms with Gasteiger partial charge in [0, 0.05) is 25.2 Å². The van der Waals surface area contributed by atoms with E-state index in [0.717, 1.165) is 38.2 Å². The third kappa shape index (κ3) is 2.92. The number of thiophene rings is 1. The molecular weight excluding hydrogens is 271 g/mol. The van der Waals surface area contributed by atoms with Crippen LogP contribution in [0, 0.1) is 5.82 Å². The van der Waals surface area contributed by atoms with Crippen LogP contribution in [0.3, 0.4) is 0 Å². The summed E-state index contributed by atoms with van der Waals surface area (Å²) >= 11 is 1.67. The van der Waals surface area contributed by atoms with Gasteiger partial charge in [-0.05, 0) is 41.4 Å². The molecule has 0 bridgehead atoms. The van der Waals surface area contributed by atoms with Gasteiger partial charge in [-0.2, -0.15) is 11.3 Å². The van der Waals surface area contributed by atoms with Crippen LogP contribution in [0.1, 0.15) is 23.6 Å². The quantitative estimate of drug-likeness (QED) is 0.933. The van der Waals surface area contributed by atoms with Gasteiger partial charge in [0.2, 0.25) is 0 Å². The molecule has 0 saturated carbocycles. The maximum Gasteiger partial charge on any atom is 0.128 e. The second-order valence-corrected chi connectivity index (χ2v) is 5.90. The summed E-state index contributed by atoms with van der Waals surface area (Å²) in [6.45, 7) is 3.97. The molecule has 0 aliphatic carbocycles. The Kier molecular flexibility index (Phi) is 4.45. The van der Waals surface area contributed by atoms with Crippen LogP contribution < -0.4 is 5.32 Å². The molecule has 0 spiro atoms. The summed E-state index contributed by atoms with van der Waals surface area (Å²) in [6, 6.07) is 9.30. The molecule has 20 heavy (non-hydrogen) atoms. The fourth-order valence-corrected chi connectivity index (χ4v) is 3.52. The average molecular weight is 290 g/mol. The fourth-order valence-electron chi connectivity index (χ4n) is 2.84. The van der Waals surface area contributed by atoms with Gasteiger partial charge in [-0.15, -0.1) is 0 Å². The van der Waals surface area contributed by atoms with Crippen LogP contribution in [0.15, 0.2) is 41.1 Å². The number of benzene rings is 1. The van der Waals surface area contributed by atoms with E-state index >= 15 is 0 Å². The van der Waals surface area contributed by atoms with Gasteiger partial charge in [-0.3, -0.25) is 4.90 Å². The molecule has 1 saturated heterocycles. The van der Waals surface area contributed by atoms with Crippen LogP contribution in [0.2, 0.25) is 0 Å². The third-order valence-electron chi connectivity index (χ3n) is 3.80. The van der Waals surface area contributed by atoms with Crippen LogP contribution in [0.4, 0.5) is 4.39 Å². The van der Waals surface area contributed by atoms with Crippen LogP contribution in [0.5, 0.6) is 0 Å². The first kappa shape index (κ1) is 13.7. The van der Waals surface area contributed by atoms with E-state index in [-0.39, 0.29) is 11.9 Å². The lowest BCUT2D eigenvalue weighted by Gasteiger charge is -2.30. The molecule has 1 aromatic carbocycles. The standard InChI is InChI=1S/C16H19FN2S/c17-15-5-2-1-4-14(15)16(13-6-11-20-12-13)19-9-3-7-18-8-10-19/h1-2,4-6,11-12,16,18H,3,7-10H2. The van der Waals surface area contributed by atoms with Crippen LogP contribution in [-0.4, -0.2) is 31.1 Å². The lowest BCUT2D eigenvalue weighted by molar-refractivity contribution is 0.237. The smallest absolute Gasteiger partial charge is 0.128 e. The molecule has 1 fully saturated rings. The van der Waals surface area contributed by atoms with E-state index in [9.17, 15) is 4.39 Å². The van der Waals surface area contributed by atoms with Gasteiger partial charge in [0.25, 0.3) is 0 Å². The number of halogens is 1. The van der Waals surface area contributed by atoms with Crippen molar-refractivity contribution in [1.29, 1.82) is 0 Å². The summed E-state index contributed by atoms with van der Waals surface area (Å²) in [7, 11) is 0. The highest BCUT2D eigenvalue weighted by Gasteiger charge is 2.25. The minimum Gasteiger partial charge on any atom is -0.315 e. The molecule has 1 aliphatic rings. The van der Waals surface area contributed by atoms with Crippen LogP contribution in [-0.2, 0) is 0 Å². The van der Waals surface area contributed by atoms with Crippen molar-refractivity contribution in [3.05, 3.63) is 58.0 Å². The van der Waals surface area contributed by atoms with Crippen LogP contribution in [0.25, 0.3) is 0 Å². The van der Waals surface area contributed by atoms with Gasteiger partial charge < -0.3 is 5.32 Å². The van der Waals surface area contributed by atoms with Crippen molar-refractivity contribution in [3.63, 3.8) is 0 Å². The summed E-state index contributed by atoms with van der Waals surface area (Å²) in [5, 5.41) is 7.61. The maximum atomic E-state index is 14.2. The van der Waals surface area contributed by atoms with Gasteiger partial charge in [0.1, 0.15) is 5.82 Å². The van der Waals surface area contributed by atoms with E-state index in [2.05, 4.69) is 27.0 Å². The zero-order chi connectivity index (χ0) is 13.8. The molecule has 1 atom stereocenters. The molecule has 1 aliphatic heterocycles. The van der Waals surface area contributed by atoms with E-state index in [1.807, 2.05) is 12.1 Å². The van der Waals surface area contributed by atoms with E-state index < -0.39 is 0 Å².